The van der Waals surface area contributed by atoms with Crippen LogP contribution in [0.5, 0.6) is 0 Å². The van der Waals surface area contributed by atoms with Crippen LogP contribution in [0.25, 0.3) is 0 Å². The third-order valence-corrected chi connectivity index (χ3v) is 5.43. The maximum atomic E-state index is 12.8. The molecule has 0 aromatic heterocycles. The van der Waals surface area contributed by atoms with Crippen molar-refractivity contribution < 1.29 is 4.79 Å². The van der Waals surface area contributed by atoms with E-state index >= 15 is 0 Å². The summed E-state index contributed by atoms with van der Waals surface area (Å²) >= 11 is 0. The predicted molar refractivity (Wildman–Crippen MR) is 86.8 cm³/mol. The molecular formula is C18H28N2O. The number of likely N-dealkylation sites (tertiary alicyclic amines) is 1. The number of nitrogens with zero attached hydrogens (tertiary/aromatic N) is 1. The third kappa shape index (κ3) is 3.13. The second kappa shape index (κ2) is 6.18. The van der Waals surface area contributed by atoms with Crippen molar-refractivity contribution >= 4 is 5.91 Å². The summed E-state index contributed by atoms with van der Waals surface area (Å²) in [6.07, 6.45) is 4.58. The highest BCUT2D eigenvalue weighted by molar-refractivity contribution is 5.87. The zero-order chi connectivity index (χ0) is 15.5. The number of rotatable bonds is 4. The van der Waals surface area contributed by atoms with Gasteiger partial charge in [-0.05, 0) is 30.7 Å². The van der Waals surface area contributed by atoms with Crippen LogP contribution in [0.15, 0.2) is 30.3 Å². The Morgan fingerprint density at radius 2 is 1.71 bits per heavy atom. The first-order valence-corrected chi connectivity index (χ1v) is 8.09. The topological polar surface area (TPSA) is 46.3 Å². The van der Waals surface area contributed by atoms with Crippen LogP contribution in [0.1, 0.15) is 52.0 Å². The molecule has 116 valence electrons. The summed E-state index contributed by atoms with van der Waals surface area (Å²) < 4.78 is 0. The molecule has 0 radical (unpaired) electrons. The van der Waals surface area contributed by atoms with Crippen LogP contribution in [-0.4, -0.2) is 23.9 Å². The van der Waals surface area contributed by atoms with Crippen LogP contribution in [0.2, 0.25) is 0 Å². The molecule has 0 aliphatic carbocycles. The average Bonchev–Trinajstić information content (AvgIpc) is 2.55. The second-order valence-electron chi connectivity index (χ2n) is 6.57. The molecule has 21 heavy (non-hydrogen) atoms. The number of hydrogen-bond acceptors (Lipinski definition) is 2. The lowest BCUT2D eigenvalue weighted by atomic mass is 9.74. The number of piperidine rings is 1. The van der Waals surface area contributed by atoms with Gasteiger partial charge < -0.3 is 10.6 Å². The highest BCUT2D eigenvalue weighted by Gasteiger charge is 2.39. The molecule has 0 saturated carbocycles. The number of benzene rings is 1. The predicted octanol–water partition coefficient (Wildman–Crippen LogP) is 3.29. The molecule has 1 saturated heterocycles. The highest BCUT2D eigenvalue weighted by atomic mass is 16.2. The minimum atomic E-state index is -0.931. The molecule has 1 aromatic carbocycles. The Hall–Kier alpha value is -1.35. The van der Waals surface area contributed by atoms with Crippen LogP contribution >= 0.6 is 0 Å². The normalized spacial score (nSPS) is 20.9. The summed E-state index contributed by atoms with van der Waals surface area (Å²) in [4.78, 5) is 14.8. The number of carbonyl (C=O) groups excluding carboxylic acids is 1. The zero-order valence-corrected chi connectivity index (χ0v) is 13.6. The van der Waals surface area contributed by atoms with Crippen LogP contribution < -0.4 is 5.73 Å². The van der Waals surface area contributed by atoms with Crippen molar-refractivity contribution in [1.82, 2.24) is 4.90 Å². The summed E-state index contributed by atoms with van der Waals surface area (Å²) in [5, 5.41) is 0. The molecule has 1 aliphatic heterocycles. The SMILES string of the molecule is CCC1(CC)CCN(C(=O)C(C)(N)c2ccccc2)CC1. The molecule has 0 bridgehead atoms. The van der Waals surface area contributed by atoms with E-state index in [1.54, 1.807) is 0 Å². The van der Waals surface area contributed by atoms with Gasteiger partial charge in [0, 0.05) is 13.1 Å². The summed E-state index contributed by atoms with van der Waals surface area (Å²) in [6, 6.07) is 9.68. The van der Waals surface area contributed by atoms with Crippen molar-refractivity contribution in [2.24, 2.45) is 11.1 Å². The van der Waals surface area contributed by atoms with Crippen LogP contribution in [0.4, 0.5) is 0 Å². The smallest absolute Gasteiger partial charge is 0.246 e. The van der Waals surface area contributed by atoms with Crippen molar-refractivity contribution in [2.45, 2.75) is 52.0 Å². The van der Waals surface area contributed by atoms with Gasteiger partial charge in [0.15, 0.2) is 0 Å². The molecule has 1 aliphatic rings. The van der Waals surface area contributed by atoms with Crippen LogP contribution in [-0.2, 0) is 10.3 Å². The molecule has 1 unspecified atom stereocenters. The first kappa shape index (κ1) is 16.0. The van der Waals surface area contributed by atoms with Gasteiger partial charge in [-0.2, -0.15) is 0 Å². The van der Waals surface area contributed by atoms with Gasteiger partial charge in [-0.1, -0.05) is 57.0 Å². The number of amides is 1. The largest absolute Gasteiger partial charge is 0.341 e. The molecular weight excluding hydrogens is 260 g/mol. The minimum Gasteiger partial charge on any atom is -0.341 e. The summed E-state index contributed by atoms with van der Waals surface area (Å²) in [5.74, 6) is 0.0505. The summed E-state index contributed by atoms with van der Waals surface area (Å²) in [6.45, 7) is 8.02. The lowest BCUT2D eigenvalue weighted by Gasteiger charge is -2.43. The van der Waals surface area contributed by atoms with Gasteiger partial charge in [-0.15, -0.1) is 0 Å². The molecule has 3 nitrogen and oxygen atoms in total. The Balaban J connectivity index is 2.08. The molecule has 1 aromatic rings. The maximum absolute atomic E-state index is 12.8. The Morgan fingerprint density at radius 3 is 2.19 bits per heavy atom. The first-order chi connectivity index (χ1) is 9.95. The molecule has 1 fully saturated rings. The van der Waals surface area contributed by atoms with Crippen molar-refractivity contribution in [1.29, 1.82) is 0 Å². The summed E-state index contributed by atoms with van der Waals surface area (Å²) in [7, 11) is 0. The Kier molecular flexibility index (Phi) is 4.72. The average molecular weight is 288 g/mol. The van der Waals surface area contributed by atoms with E-state index < -0.39 is 5.54 Å². The Labute approximate surface area is 128 Å². The fraction of sp³-hybridized carbons (Fsp3) is 0.611. The van der Waals surface area contributed by atoms with E-state index in [4.69, 9.17) is 5.73 Å². The molecule has 0 spiro atoms. The van der Waals surface area contributed by atoms with E-state index in [1.165, 1.54) is 12.8 Å². The lowest BCUT2D eigenvalue weighted by Crippen LogP contribution is -2.54. The van der Waals surface area contributed by atoms with Crippen molar-refractivity contribution in [3.63, 3.8) is 0 Å². The molecule has 1 atom stereocenters. The van der Waals surface area contributed by atoms with Gasteiger partial charge in [0.25, 0.3) is 0 Å². The number of carbonyl (C=O) groups is 1. The van der Waals surface area contributed by atoms with E-state index in [0.717, 1.165) is 31.5 Å². The quantitative estimate of drug-likeness (QED) is 0.924. The van der Waals surface area contributed by atoms with Crippen molar-refractivity contribution in [3.05, 3.63) is 35.9 Å². The molecule has 1 heterocycles. The standard InChI is InChI=1S/C18H28N2O/c1-4-18(5-2)11-13-20(14-12-18)16(21)17(3,19)15-9-7-6-8-10-15/h6-10H,4-5,11-14,19H2,1-3H3. The first-order valence-electron chi connectivity index (χ1n) is 8.09. The number of hydrogen-bond donors (Lipinski definition) is 1. The van der Waals surface area contributed by atoms with Gasteiger partial charge in [0.05, 0.1) is 0 Å². The minimum absolute atomic E-state index is 0.0505. The molecule has 3 heteroatoms. The maximum Gasteiger partial charge on any atom is 0.246 e. The highest BCUT2D eigenvalue weighted by Crippen LogP contribution is 2.38. The van der Waals surface area contributed by atoms with E-state index in [-0.39, 0.29) is 5.91 Å². The molecule has 2 rings (SSSR count). The van der Waals surface area contributed by atoms with Gasteiger partial charge in [0.1, 0.15) is 5.54 Å². The Bertz CT molecular complexity index is 467. The monoisotopic (exact) mass is 288 g/mol. The van der Waals surface area contributed by atoms with E-state index in [0.29, 0.717) is 5.41 Å². The fourth-order valence-corrected chi connectivity index (χ4v) is 3.38. The van der Waals surface area contributed by atoms with Crippen molar-refractivity contribution in [3.8, 4) is 0 Å². The number of nitrogens with two attached hydrogens (primary N) is 1. The van der Waals surface area contributed by atoms with Crippen LogP contribution in [0, 0.1) is 5.41 Å². The summed E-state index contributed by atoms with van der Waals surface area (Å²) in [5.41, 5.74) is 6.73. The van der Waals surface area contributed by atoms with Gasteiger partial charge in [-0.25, -0.2) is 0 Å². The Morgan fingerprint density at radius 1 is 1.19 bits per heavy atom. The second-order valence-corrected chi connectivity index (χ2v) is 6.57. The van der Waals surface area contributed by atoms with E-state index in [2.05, 4.69) is 13.8 Å². The zero-order valence-electron chi connectivity index (χ0n) is 13.6. The van der Waals surface area contributed by atoms with Gasteiger partial charge >= 0.3 is 0 Å². The van der Waals surface area contributed by atoms with E-state index in [1.807, 2.05) is 42.2 Å². The molecule has 1 amide bonds. The van der Waals surface area contributed by atoms with E-state index in [9.17, 15) is 4.79 Å². The molecule has 2 N–H and O–H groups in total. The fourth-order valence-electron chi connectivity index (χ4n) is 3.38. The van der Waals surface area contributed by atoms with Gasteiger partial charge in [-0.3, -0.25) is 4.79 Å². The van der Waals surface area contributed by atoms with Crippen LogP contribution in [0.3, 0.4) is 0 Å². The van der Waals surface area contributed by atoms with Gasteiger partial charge in [0.2, 0.25) is 5.91 Å². The van der Waals surface area contributed by atoms with Crippen molar-refractivity contribution in [2.75, 3.05) is 13.1 Å². The lowest BCUT2D eigenvalue weighted by molar-refractivity contribution is -0.139. The third-order valence-electron chi connectivity index (χ3n) is 5.43.